The number of fused-ring (bicyclic) bond motifs is 1. The number of amides is 2. The lowest BCUT2D eigenvalue weighted by molar-refractivity contribution is -0.118. The Balaban J connectivity index is 1.32. The van der Waals surface area contributed by atoms with Crippen LogP contribution in [0.25, 0.3) is 0 Å². The van der Waals surface area contributed by atoms with Gasteiger partial charge in [-0.2, -0.15) is 0 Å². The van der Waals surface area contributed by atoms with Gasteiger partial charge in [0.2, 0.25) is 5.91 Å². The van der Waals surface area contributed by atoms with Gasteiger partial charge in [-0.1, -0.05) is 37.5 Å². The van der Waals surface area contributed by atoms with E-state index in [1.165, 1.54) is 61.4 Å². The molecule has 2 amide bonds. The number of rotatable bonds is 7. The molecule has 0 aliphatic heterocycles. The highest BCUT2D eigenvalue weighted by molar-refractivity contribution is 8.00. The second kappa shape index (κ2) is 10.2. The molecular weight excluding hydrogens is 392 g/mol. The highest BCUT2D eigenvalue weighted by Crippen LogP contribution is 2.27. The van der Waals surface area contributed by atoms with Gasteiger partial charge in [0.1, 0.15) is 0 Å². The third-order valence-electron chi connectivity index (χ3n) is 6.16. The van der Waals surface area contributed by atoms with E-state index in [0.29, 0.717) is 17.2 Å². The predicted molar refractivity (Wildman–Crippen MR) is 123 cm³/mol. The lowest BCUT2D eigenvalue weighted by Gasteiger charge is -2.21. The third-order valence-corrected chi connectivity index (χ3v) is 7.23. The molecule has 4 rings (SSSR count). The molecule has 1 saturated carbocycles. The van der Waals surface area contributed by atoms with E-state index in [0.717, 1.165) is 30.0 Å². The monoisotopic (exact) mass is 422 g/mol. The summed E-state index contributed by atoms with van der Waals surface area (Å²) in [6.07, 6.45) is 9.73. The summed E-state index contributed by atoms with van der Waals surface area (Å²) in [5.74, 6) is 0.867. The van der Waals surface area contributed by atoms with Gasteiger partial charge in [0.05, 0.1) is 11.3 Å². The number of carbonyl (C=O) groups is 2. The van der Waals surface area contributed by atoms with Crippen molar-refractivity contribution >= 4 is 29.3 Å². The van der Waals surface area contributed by atoms with E-state index in [4.69, 9.17) is 0 Å². The molecule has 0 saturated heterocycles. The maximum absolute atomic E-state index is 12.9. The van der Waals surface area contributed by atoms with Crippen molar-refractivity contribution in [1.29, 1.82) is 0 Å². The van der Waals surface area contributed by atoms with Crippen molar-refractivity contribution in [2.45, 2.75) is 56.3 Å². The smallest absolute Gasteiger partial charge is 0.256 e. The Kier molecular flexibility index (Phi) is 7.11. The zero-order valence-electron chi connectivity index (χ0n) is 17.4. The van der Waals surface area contributed by atoms with Gasteiger partial charge in [-0.3, -0.25) is 9.59 Å². The minimum absolute atomic E-state index is 0.0411. The zero-order chi connectivity index (χ0) is 20.8. The molecule has 2 aromatic rings. The summed E-state index contributed by atoms with van der Waals surface area (Å²) < 4.78 is 0. The Bertz CT molecular complexity index is 906. The Morgan fingerprint density at radius 1 is 0.933 bits per heavy atom. The molecule has 2 aliphatic rings. The molecule has 5 heteroatoms. The fourth-order valence-corrected chi connectivity index (χ4v) is 5.35. The van der Waals surface area contributed by atoms with Gasteiger partial charge >= 0.3 is 0 Å². The molecule has 0 bridgehead atoms. The van der Waals surface area contributed by atoms with Crippen LogP contribution in [0.15, 0.2) is 47.4 Å². The first-order chi connectivity index (χ1) is 14.7. The van der Waals surface area contributed by atoms with Crippen LogP contribution in [-0.4, -0.2) is 24.1 Å². The average Bonchev–Trinajstić information content (AvgIpc) is 3.25. The number of carbonyl (C=O) groups excluding carboxylic acids is 2. The Hall–Kier alpha value is -2.27. The van der Waals surface area contributed by atoms with Gasteiger partial charge in [0.15, 0.2) is 0 Å². The highest BCUT2D eigenvalue weighted by Gasteiger charge is 2.17. The maximum Gasteiger partial charge on any atom is 0.256 e. The van der Waals surface area contributed by atoms with Crippen LogP contribution < -0.4 is 10.6 Å². The summed E-state index contributed by atoms with van der Waals surface area (Å²) in [6, 6.07) is 13.7. The normalized spacial score (nSPS) is 16.1. The highest BCUT2D eigenvalue weighted by atomic mass is 32.2. The second-order valence-corrected chi connectivity index (χ2v) is 9.40. The summed E-state index contributed by atoms with van der Waals surface area (Å²) in [7, 11) is 0. The van der Waals surface area contributed by atoms with Crippen molar-refractivity contribution in [2.75, 3.05) is 17.6 Å². The minimum atomic E-state index is -0.126. The zero-order valence-corrected chi connectivity index (χ0v) is 18.2. The number of nitrogens with one attached hydrogen (secondary N) is 2. The molecule has 158 valence electrons. The van der Waals surface area contributed by atoms with E-state index in [-0.39, 0.29) is 11.8 Å². The molecule has 0 heterocycles. The van der Waals surface area contributed by atoms with Gasteiger partial charge in [-0.15, -0.1) is 11.8 Å². The molecule has 0 unspecified atom stereocenters. The van der Waals surface area contributed by atoms with E-state index in [2.05, 4.69) is 22.8 Å². The molecule has 0 atom stereocenters. The van der Waals surface area contributed by atoms with E-state index in [1.54, 1.807) is 0 Å². The fourth-order valence-electron chi connectivity index (χ4n) is 4.47. The maximum atomic E-state index is 12.9. The summed E-state index contributed by atoms with van der Waals surface area (Å²) in [5.41, 5.74) is 4.18. The van der Waals surface area contributed by atoms with Crippen molar-refractivity contribution in [3.63, 3.8) is 0 Å². The van der Waals surface area contributed by atoms with Gasteiger partial charge in [-0.05, 0) is 73.4 Å². The molecular formula is C25H30N2O2S. The SMILES string of the molecule is O=C(CSc1ccccc1C(=O)Nc1ccc2c(c1)CCC2)NCC1CCCCC1. The molecule has 30 heavy (non-hydrogen) atoms. The van der Waals surface area contributed by atoms with Crippen LogP contribution in [0.4, 0.5) is 5.69 Å². The number of hydrogen-bond donors (Lipinski definition) is 2. The molecule has 4 nitrogen and oxygen atoms in total. The van der Waals surface area contributed by atoms with E-state index in [9.17, 15) is 9.59 Å². The number of aryl methyl sites for hydroxylation is 2. The van der Waals surface area contributed by atoms with Crippen molar-refractivity contribution in [3.05, 3.63) is 59.2 Å². The van der Waals surface area contributed by atoms with Crippen LogP contribution in [0.2, 0.25) is 0 Å². The van der Waals surface area contributed by atoms with Crippen LogP contribution in [0.5, 0.6) is 0 Å². The molecule has 0 radical (unpaired) electrons. The number of thioether (sulfide) groups is 1. The van der Waals surface area contributed by atoms with Gasteiger partial charge < -0.3 is 10.6 Å². The summed E-state index contributed by atoms with van der Waals surface area (Å²) >= 11 is 1.43. The first kappa shape index (κ1) is 21.0. The fraction of sp³-hybridized carbons (Fsp3) is 0.440. The molecule has 2 N–H and O–H groups in total. The number of anilines is 1. The van der Waals surface area contributed by atoms with Crippen molar-refractivity contribution in [3.8, 4) is 0 Å². The van der Waals surface area contributed by atoms with Crippen LogP contribution in [0, 0.1) is 5.92 Å². The van der Waals surface area contributed by atoms with E-state index >= 15 is 0 Å². The first-order valence-electron chi connectivity index (χ1n) is 11.1. The number of hydrogen-bond acceptors (Lipinski definition) is 3. The van der Waals surface area contributed by atoms with E-state index < -0.39 is 0 Å². The van der Waals surface area contributed by atoms with Crippen LogP contribution in [0.1, 0.15) is 60.0 Å². The summed E-state index contributed by atoms with van der Waals surface area (Å²) in [5, 5.41) is 6.11. The van der Waals surface area contributed by atoms with Gasteiger partial charge in [0.25, 0.3) is 5.91 Å². The van der Waals surface area contributed by atoms with Crippen molar-refractivity contribution in [2.24, 2.45) is 5.92 Å². The van der Waals surface area contributed by atoms with E-state index in [1.807, 2.05) is 30.3 Å². The topological polar surface area (TPSA) is 58.2 Å². The third kappa shape index (κ3) is 5.45. The lowest BCUT2D eigenvalue weighted by Crippen LogP contribution is -2.31. The van der Waals surface area contributed by atoms with Crippen LogP contribution in [0.3, 0.4) is 0 Å². The van der Waals surface area contributed by atoms with Crippen LogP contribution in [-0.2, 0) is 17.6 Å². The average molecular weight is 423 g/mol. The van der Waals surface area contributed by atoms with Gasteiger partial charge in [-0.25, -0.2) is 0 Å². The molecule has 1 fully saturated rings. The summed E-state index contributed by atoms with van der Waals surface area (Å²) in [4.78, 5) is 26.0. The largest absolute Gasteiger partial charge is 0.355 e. The number of benzene rings is 2. The van der Waals surface area contributed by atoms with Crippen molar-refractivity contribution < 1.29 is 9.59 Å². The second-order valence-electron chi connectivity index (χ2n) is 8.38. The molecule has 2 aromatic carbocycles. The van der Waals surface area contributed by atoms with Crippen LogP contribution >= 0.6 is 11.8 Å². The Labute approximate surface area is 183 Å². The Morgan fingerprint density at radius 2 is 1.73 bits per heavy atom. The van der Waals surface area contributed by atoms with Gasteiger partial charge in [0, 0.05) is 17.1 Å². The minimum Gasteiger partial charge on any atom is -0.355 e. The summed E-state index contributed by atoms with van der Waals surface area (Å²) in [6.45, 7) is 0.778. The predicted octanol–water partition coefficient (Wildman–Crippen LogP) is 5.22. The quantitative estimate of drug-likeness (QED) is 0.602. The standard InChI is InChI=1S/C25H30N2O2S/c28-24(26-16-18-7-2-1-3-8-18)17-30-23-12-5-4-11-22(23)25(29)27-21-14-13-19-9-6-10-20(19)15-21/h4-5,11-15,18H,1-3,6-10,16-17H2,(H,26,28)(H,27,29). The van der Waals surface area contributed by atoms with Crippen molar-refractivity contribution in [1.82, 2.24) is 5.32 Å². The first-order valence-corrected chi connectivity index (χ1v) is 12.1. The molecule has 0 aromatic heterocycles. The lowest BCUT2D eigenvalue weighted by atomic mass is 9.89. The molecule has 0 spiro atoms. The molecule has 2 aliphatic carbocycles. The Morgan fingerprint density at radius 3 is 2.60 bits per heavy atom.